The third-order valence-corrected chi connectivity index (χ3v) is 5.07. The van der Waals surface area contributed by atoms with E-state index in [-0.39, 0.29) is 24.0 Å². The van der Waals surface area contributed by atoms with Crippen molar-refractivity contribution < 1.29 is 14.4 Å². The molecule has 3 N–H and O–H groups in total. The van der Waals surface area contributed by atoms with E-state index in [1.165, 1.54) is 6.92 Å². The lowest BCUT2D eigenvalue weighted by molar-refractivity contribution is -0.117. The molecule has 8 nitrogen and oxygen atoms in total. The minimum absolute atomic E-state index is 0.101. The second-order valence-corrected chi connectivity index (χ2v) is 7.60. The van der Waals surface area contributed by atoms with Crippen LogP contribution in [-0.2, 0) is 16.0 Å². The zero-order chi connectivity index (χ0) is 22.5. The first-order valence-electron chi connectivity index (χ1n) is 10.4. The molecule has 0 atom stereocenters. The molecule has 0 radical (unpaired) electrons. The van der Waals surface area contributed by atoms with Gasteiger partial charge in [-0.2, -0.15) is 0 Å². The number of anilines is 3. The zero-order valence-electron chi connectivity index (χ0n) is 17.6. The number of nitrogens with one attached hydrogen (secondary N) is 3. The monoisotopic (exact) mass is 429 g/mol. The summed E-state index contributed by atoms with van der Waals surface area (Å²) in [6, 6.07) is 14.5. The summed E-state index contributed by atoms with van der Waals surface area (Å²) in [6.45, 7) is 2.00. The van der Waals surface area contributed by atoms with Crippen LogP contribution in [0.15, 0.2) is 54.7 Å². The Hall–Kier alpha value is -4.07. The molecule has 0 saturated heterocycles. The molecule has 3 aromatic rings. The molecule has 0 bridgehead atoms. The number of benzene rings is 2. The normalized spacial score (nSPS) is 12.1. The summed E-state index contributed by atoms with van der Waals surface area (Å²) >= 11 is 0. The Morgan fingerprint density at radius 1 is 1.09 bits per heavy atom. The van der Waals surface area contributed by atoms with Crippen LogP contribution in [0, 0.1) is 0 Å². The molecule has 0 aliphatic carbocycles. The maximum Gasteiger partial charge on any atom is 0.251 e. The molecule has 2 aromatic carbocycles. The predicted molar refractivity (Wildman–Crippen MR) is 122 cm³/mol. The van der Waals surface area contributed by atoms with Crippen LogP contribution in [-0.4, -0.2) is 34.1 Å². The number of aromatic nitrogens is 2. The Kier molecular flexibility index (Phi) is 6.21. The number of para-hydroxylation sites is 1. The van der Waals surface area contributed by atoms with E-state index in [2.05, 4.69) is 25.9 Å². The minimum atomic E-state index is -0.185. The number of hydrogen-bond donors (Lipinski definition) is 3. The molecule has 162 valence electrons. The lowest BCUT2D eigenvalue weighted by atomic mass is 10.1. The molecule has 2 amide bonds. The largest absolute Gasteiger partial charge is 0.352 e. The van der Waals surface area contributed by atoms with Crippen LogP contribution in [0.25, 0.3) is 11.3 Å². The molecule has 0 fully saturated rings. The van der Waals surface area contributed by atoms with E-state index >= 15 is 0 Å². The lowest BCUT2D eigenvalue weighted by Crippen LogP contribution is -2.24. The molecular weight excluding hydrogens is 406 g/mol. The van der Waals surface area contributed by atoms with Crippen LogP contribution in [0.3, 0.4) is 0 Å². The van der Waals surface area contributed by atoms with Crippen molar-refractivity contribution in [3.63, 3.8) is 0 Å². The maximum atomic E-state index is 12.2. The number of hydrogen-bond acceptors (Lipinski definition) is 6. The van der Waals surface area contributed by atoms with E-state index in [4.69, 9.17) is 0 Å². The molecular formula is C24H23N5O3. The molecule has 32 heavy (non-hydrogen) atoms. The second kappa shape index (κ2) is 9.38. The molecule has 8 heteroatoms. The van der Waals surface area contributed by atoms with Crippen LogP contribution in [0.1, 0.15) is 35.7 Å². The Bertz CT molecular complexity index is 1170. The summed E-state index contributed by atoms with van der Waals surface area (Å²) in [6.07, 6.45) is 2.95. The lowest BCUT2D eigenvalue weighted by Gasteiger charge is -2.11. The van der Waals surface area contributed by atoms with Gasteiger partial charge in [-0.15, -0.1) is 0 Å². The van der Waals surface area contributed by atoms with Gasteiger partial charge in [0.2, 0.25) is 11.9 Å². The fourth-order valence-corrected chi connectivity index (χ4v) is 3.47. The fraction of sp³-hybridized carbons (Fsp3) is 0.208. The van der Waals surface area contributed by atoms with E-state index in [9.17, 15) is 14.4 Å². The molecule has 2 heterocycles. The van der Waals surface area contributed by atoms with Crippen LogP contribution >= 0.6 is 0 Å². The smallest absolute Gasteiger partial charge is 0.251 e. The van der Waals surface area contributed by atoms with E-state index in [0.717, 1.165) is 22.5 Å². The number of ketones is 1. The summed E-state index contributed by atoms with van der Waals surface area (Å²) < 4.78 is 0. The first-order chi connectivity index (χ1) is 15.5. The van der Waals surface area contributed by atoms with Gasteiger partial charge in [-0.05, 0) is 43.7 Å². The SMILES string of the molecule is CC(=O)CCCNC(=O)c1ccc(Nc2ncc3c(n2)-c2ccccc2NC(=O)C3)cc1. The van der Waals surface area contributed by atoms with Gasteiger partial charge < -0.3 is 20.7 Å². The van der Waals surface area contributed by atoms with E-state index < -0.39 is 0 Å². The molecule has 4 rings (SSSR count). The second-order valence-electron chi connectivity index (χ2n) is 7.60. The summed E-state index contributed by atoms with van der Waals surface area (Å²) in [4.78, 5) is 44.3. The summed E-state index contributed by atoms with van der Waals surface area (Å²) in [5, 5.41) is 8.85. The highest BCUT2D eigenvalue weighted by Gasteiger charge is 2.20. The maximum absolute atomic E-state index is 12.2. The van der Waals surface area contributed by atoms with Crippen molar-refractivity contribution in [3.8, 4) is 11.3 Å². The topological polar surface area (TPSA) is 113 Å². The predicted octanol–water partition coefficient (Wildman–Crippen LogP) is 3.48. The van der Waals surface area contributed by atoms with Gasteiger partial charge in [0.05, 0.1) is 17.8 Å². The van der Waals surface area contributed by atoms with E-state index in [1.807, 2.05) is 24.3 Å². The van der Waals surface area contributed by atoms with Gasteiger partial charge in [-0.25, -0.2) is 9.97 Å². The van der Waals surface area contributed by atoms with Gasteiger partial charge in [-0.1, -0.05) is 18.2 Å². The summed E-state index contributed by atoms with van der Waals surface area (Å²) in [7, 11) is 0. The number of carbonyl (C=O) groups excluding carboxylic acids is 3. The van der Waals surface area contributed by atoms with Gasteiger partial charge in [0.25, 0.3) is 5.91 Å². The molecule has 1 aliphatic rings. The zero-order valence-corrected chi connectivity index (χ0v) is 17.6. The first kappa shape index (κ1) is 21.2. The van der Waals surface area contributed by atoms with Crippen LogP contribution in [0.4, 0.5) is 17.3 Å². The average molecular weight is 429 g/mol. The summed E-state index contributed by atoms with van der Waals surface area (Å²) in [5.74, 6) is 0.223. The van der Waals surface area contributed by atoms with Crippen molar-refractivity contribution in [2.24, 2.45) is 0 Å². The molecule has 0 saturated carbocycles. The third kappa shape index (κ3) is 4.97. The number of carbonyl (C=O) groups is 3. The highest BCUT2D eigenvalue weighted by molar-refractivity contribution is 6.00. The highest BCUT2D eigenvalue weighted by Crippen LogP contribution is 2.32. The van der Waals surface area contributed by atoms with Crippen LogP contribution < -0.4 is 16.0 Å². The van der Waals surface area contributed by atoms with Gasteiger partial charge >= 0.3 is 0 Å². The first-order valence-corrected chi connectivity index (χ1v) is 10.4. The van der Waals surface area contributed by atoms with Crippen molar-refractivity contribution in [1.82, 2.24) is 15.3 Å². The van der Waals surface area contributed by atoms with Crippen molar-refractivity contribution in [2.45, 2.75) is 26.2 Å². The Labute approximate surface area is 185 Å². The van der Waals surface area contributed by atoms with Crippen molar-refractivity contribution >= 4 is 34.9 Å². The van der Waals surface area contributed by atoms with E-state index in [0.29, 0.717) is 36.6 Å². The average Bonchev–Trinajstić information content (AvgIpc) is 2.92. The quantitative estimate of drug-likeness (QED) is 0.496. The molecule has 1 aromatic heterocycles. The Morgan fingerprint density at radius 3 is 2.66 bits per heavy atom. The fourth-order valence-electron chi connectivity index (χ4n) is 3.47. The molecule has 0 spiro atoms. The van der Waals surface area contributed by atoms with E-state index in [1.54, 1.807) is 30.5 Å². The molecule has 1 aliphatic heterocycles. The third-order valence-electron chi connectivity index (χ3n) is 5.07. The van der Waals surface area contributed by atoms with Gasteiger partial charge in [0, 0.05) is 41.5 Å². The molecule has 0 unspecified atom stereocenters. The van der Waals surface area contributed by atoms with Crippen molar-refractivity contribution in [3.05, 3.63) is 65.9 Å². The Morgan fingerprint density at radius 2 is 1.88 bits per heavy atom. The van der Waals surface area contributed by atoms with Crippen molar-refractivity contribution in [1.29, 1.82) is 0 Å². The minimum Gasteiger partial charge on any atom is -0.352 e. The van der Waals surface area contributed by atoms with Gasteiger partial charge in [0.15, 0.2) is 0 Å². The standard InChI is InChI=1S/C24H23N5O3/c1-15(30)5-4-12-25-23(32)16-8-10-18(11-9-16)27-24-26-14-17-13-21(31)28-20-7-3-2-6-19(20)22(17)29-24/h2-3,6-11,14H,4-5,12-13H2,1H3,(H,25,32)(H,28,31)(H,26,27,29). The van der Waals surface area contributed by atoms with Crippen LogP contribution in [0.5, 0.6) is 0 Å². The van der Waals surface area contributed by atoms with Crippen molar-refractivity contribution in [2.75, 3.05) is 17.2 Å². The van der Waals surface area contributed by atoms with Gasteiger partial charge in [0.1, 0.15) is 5.78 Å². The number of amides is 2. The van der Waals surface area contributed by atoms with Crippen LogP contribution in [0.2, 0.25) is 0 Å². The number of Topliss-reactive ketones (excluding diaryl/α,β-unsaturated/α-hetero) is 1. The number of fused-ring (bicyclic) bond motifs is 3. The number of nitrogens with zero attached hydrogens (tertiary/aromatic N) is 2. The highest BCUT2D eigenvalue weighted by atomic mass is 16.2. The van der Waals surface area contributed by atoms with Gasteiger partial charge in [-0.3, -0.25) is 9.59 Å². The Balaban J connectivity index is 1.47. The summed E-state index contributed by atoms with van der Waals surface area (Å²) in [5.41, 5.74) is 4.29. The number of rotatable bonds is 7.